The fourth-order valence-corrected chi connectivity index (χ4v) is 4.03. The van der Waals surface area contributed by atoms with Crippen molar-refractivity contribution in [2.75, 3.05) is 6.54 Å². The Morgan fingerprint density at radius 2 is 2.08 bits per heavy atom. The average molecular weight is 372 g/mol. The molecule has 0 amide bonds. The Labute approximate surface area is 161 Å². The molecular weight excluding hydrogens is 342 g/mol. The maximum atomic E-state index is 12.6. The average Bonchev–Trinajstić information content (AvgIpc) is 3.14. The Balaban J connectivity index is 1.84. The zero-order valence-electron chi connectivity index (χ0n) is 15.8. The van der Waals surface area contributed by atoms with Crippen LogP contribution in [-0.4, -0.2) is 27.6 Å². The van der Waals surface area contributed by atoms with E-state index >= 15 is 0 Å². The van der Waals surface area contributed by atoms with Crippen LogP contribution in [0.5, 0.6) is 0 Å². The van der Waals surface area contributed by atoms with Crippen molar-refractivity contribution in [1.82, 2.24) is 15.2 Å². The number of rotatable bonds is 6. The maximum Gasteiger partial charge on any atom is 0.253 e. The molecule has 2 N–H and O–H groups in total. The Kier molecular flexibility index (Phi) is 6.30. The molecule has 0 atom stereocenters. The predicted octanol–water partition coefficient (Wildman–Crippen LogP) is 4.26. The third-order valence-corrected chi connectivity index (χ3v) is 5.63. The molecule has 1 aromatic carbocycles. The van der Waals surface area contributed by atoms with E-state index in [4.69, 9.17) is 12.2 Å². The number of aromatic amines is 1. The van der Waals surface area contributed by atoms with Gasteiger partial charge in [-0.3, -0.25) is 4.79 Å². The van der Waals surface area contributed by atoms with Gasteiger partial charge in [0.15, 0.2) is 5.11 Å². The standard InChI is InChI=1S/C21H29N3OS/c1-3-4-11-22-21(26)24(18-7-5-6-8-18)14-17-13-16-10-9-15(2)12-19(16)23-20(17)25/h9-10,12-13,18H,3-8,11,14H2,1-2H3,(H,22,26)(H,23,25). The van der Waals surface area contributed by atoms with Crippen LogP contribution < -0.4 is 10.9 Å². The quantitative estimate of drug-likeness (QED) is 0.588. The van der Waals surface area contributed by atoms with Crippen molar-refractivity contribution < 1.29 is 0 Å². The molecule has 1 fully saturated rings. The summed E-state index contributed by atoms with van der Waals surface area (Å²) in [6.07, 6.45) is 7.04. The molecule has 5 heteroatoms. The van der Waals surface area contributed by atoms with E-state index < -0.39 is 0 Å². The summed E-state index contributed by atoms with van der Waals surface area (Å²) in [4.78, 5) is 17.9. The van der Waals surface area contributed by atoms with Crippen LogP contribution >= 0.6 is 12.2 Å². The van der Waals surface area contributed by atoms with Gasteiger partial charge in [0.05, 0.1) is 6.54 Å². The number of nitrogens with one attached hydrogen (secondary N) is 2. The van der Waals surface area contributed by atoms with E-state index in [9.17, 15) is 4.79 Å². The van der Waals surface area contributed by atoms with Gasteiger partial charge < -0.3 is 15.2 Å². The molecule has 26 heavy (non-hydrogen) atoms. The molecule has 1 aliphatic carbocycles. The second-order valence-corrected chi connectivity index (χ2v) is 7.75. The van der Waals surface area contributed by atoms with Crippen LogP contribution in [0, 0.1) is 6.92 Å². The van der Waals surface area contributed by atoms with E-state index in [0.717, 1.165) is 59.4 Å². The van der Waals surface area contributed by atoms with Crippen LogP contribution in [-0.2, 0) is 6.54 Å². The fraction of sp³-hybridized carbons (Fsp3) is 0.524. The number of H-pyrrole nitrogens is 1. The third kappa shape index (κ3) is 4.44. The van der Waals surface area contributed by atoms with Crippen LogP contribution in [0.1, 0.15) is 56.6 Å². The summed E-state index contributed by atoms with van der Waals surface area (Å²) in [7, 11) is 0. The molecule has 4 nitrogen and oxygen atoms in total. The molecule has 0 bridgehead atoms. The molecule has 140 valence electrons. The highest BCUT2D eigenvalue weighted by Gasteiger charge is 2.25. The van der Waals surface area contributed by atoms with Gasteiger partial charge in [-0.25, -0.2) is 0 Å². The molecule has 0 aliphatic heterocycles. The maximum absolute atomic E-state index is 12.6. The predicted molar refractivity (Wildman–Crippen MR) is 113 cm³/mol. The Bertz CT molecular complexity index is 824. The first kappa shape index (κ1) is 18.9. The SMILES string of the molecule is CCCCNC(=S)N(Cc1cc2ccc(C)cc2[nH]c1=O)C1CCCC1. The number of benzene rings is 1. The number of unbranched alkanes of at least 4 members (excludes halogenated alkanes) is 1. The summed E-state index contributed by atoms with van der Waals surface area (Å²) in [6, 6.07) is 8.62. The number of fused-ring (bicyclic) bond motifs is 1. The highest BCUT2D eigenvalue weighted by molar-refractivity contribution is 7.80. The molecular formula is C21H29N3OS. The topological polar surface area (TPSA) is 48.1 Å². The summed E-state index contributed by atoms with van der Waals surface area (Å²) in [5.41, 5.74) is 2.82. The van der Waals surface area contributed by atoms with Gasteiger partial charge in [0.2, 0.25) is 0 Å². The summed E-state index contributed by atoms with van der Waals surface area (Å²) in [5, 5.41) is 5.25. The Hall–Kier alpha value is -1.88. The van der Waals surface area contributed by atoms with E-state index in [1.54, 1.807) is 0 Å². The molecule has 0 spiro atoms. The van der Waals surface area contributed by atoms with Gasteiger partial charge >= 0.3 is 0 Å². The molecule has 1 heterocycles. The Morgan fingerprint density at radius 3 is 2.81 bits per heavy atom. The molecule has 1 saturated carbocycles. The van der Waals surface area contributed by atoms with Gasteiger partial charge in [-0.2, -0.15) is 0 Å². The largest absolute Gasteiger partial charge is 0.363 e. The van der Waals surface area contributed by atoms with Crippen molar-refractivity contribution in [3.63, 3.8) is 0 Å². The van der Waals surface area contributed by atoms with Crippen molar-refractivity contribution >= 4 is 28.2 Å². The lowest BCUT2D eigenvalue weighted by Crippen LogP contribution is -2.45. The van der Waals surface area contributed by atoms with Crippen LogP contribution in [0.25, 0.3) is 10.9 Å². The smallest absolute Gasteiger partial charge is 0.253 e. The second-order valence-electron chi connectivity index (χ2n) is 7.37. The van der Waals surface area contributed by atoms with Crippen LogP contribution in [0.2, 0.25) is 0 Å². The van der Waals surface area contributed by atoms with Crippen molar-refractivity contribution in [1.29, 1.82) is 0 Å². The highest BCUT2D eigenvalue weighted by atomic mass is 32.1. The molecule has 2 aromatic rings. The van der Waals surface area contributed by atoms with Gasteiger partial charge in [-0.05, 0) is 61.5 Å². The van der Waals surface area contributed by atoms with E-state index in [1.165, 1.54) is 12.8 Å². The number of thiocarbonyl (C=S) groups is 1. The zero-order valence-corrected chi connectivity index (χ0v) is 16.6. The first-order chi connectivity index (χ1) is 12.6. The van der Waals surface area contributed by atoms with Gasteiger partial charge in [-0.1, -0.05) is 38.3 Å². The lowest BCUT2D eigenvalue weighted by molar-refractivity contribution is 0.302. The van der Waals surface area contributed by atoms with Gasteiger partial charge in [0, 0.05) is 23.7 Å². The Morgan fingerprint density at radius 1 is 1.31 bits per heavy atom. The number of aryl methyl sites for hydroxylation is 1. The van der Waals surface area contributed by atoms with E-state index in [-0.39, 0.29) is 5.56 Å². The fourth-order valence-electron chi connectivity index (χ4n) is 3.72. The molecule has 3 rings (SSSR count). The first-order valence-corrected chi connectivity index (χ1v) is 10.2. The number of pyridine rings is 1. The minimum Gasteiger partial charge on any atom is -0.363 e. The summed E-state index contributed by atoms with van der Waals surface area (Å²) < 4.78 is 0. The van der Waals surface area contributed by atoms with Gasteiger partial charge in [0.1, 0.15) is 0 Å². The summed E-state index contributed by atoms with van der Waals surface area (Å²) in [6.45, 7) is 5.68. The van der Waals surface area contributed by atoms with Crippen LogP contribution in [0.3, 0.4) is 0 Å². The first-order valence-electron chi connectivity index (χ1n) is 9.75. The normalized spacial score (nSPS) is 14.7. The van der Waals surface area contributed by atoms with Gasteiger partial charge in [0.25, 0.3) is 5.56 Å². The number of hydrogen-bond donors (Lipinski definition) is 2. The van der Waals surface area contributed by atoms with E-state index in [1.807, 2.05) is 19.1 Å². The second kappa shape index (κ2) is 8.67. The highest BCUT2D eigenvalue weighted by Crippen LogP contribution is 2.25. The number of aromatic nitrogens is 1. The summed E-state index contributed by atoms with van der Waals surface area (Å²) >= 11 is 5.68. The molecule has 1 aromatic heterocycles. The molecule has 1 aliphatic rings. The number of nitrogens with zero attached hydrogens (tertiary/aromatic N) is 1. The van der Waals surface area contributed by atoms with Crippen molar-refractivity contribution in [3.05, 3.63) is 45.7 Å². The van der Waals surface area contributed by atoms with E-state index in [2.05, 4.69) is 34.3 Å². The lowest BCUT2D eigenvalue weighted by Gasteiger charge is -2.31. The van der Waals surface area contributed by atoms with Crippen LogP contribution in [0.4, 0.5) is 0 Å². The lowest BCUT2D eigenvalue weighted by atomic mass is 10.1. The minimum atomic E-state index is -0.0116. The third-order valence-electron chi connectivity index (χ3n) is 5.25. The molecule has 0 radical (unpaired) electrons. The van der Waals surface area contributed by atoms with Crippen molar-refractivity contribution in [3.8, 4) is 0 Å². The van der Waals surface area contributed by atoms with Crippen LogP contribution in [0.15, 0.2) is 29.1 Å². The van der Waals surface area contributed by atoms with Crippen molar-refractivity contribution in [2.45, 2.75) is 65.0 Å². The monoisotopic (exact) mass is 371 g/mol. The van der Waals surface area contributed by atoms with E-state index in [0.29, 0.717) is 12.6 Å². The van der Waals surface area contributed by atoms with Crippen molar-refractivity contribution in [2.24, 2.45) is 0 Å². The molecule has 0 saturated heterocycles. The molecule has 0 unspecified atom stereocenters. The zero-order chi connectivity index (χ0) is 18.5. The minimum absolute atomic E-state index is 0.0116. The van der Waals surface area contributed by atoms with Gasteiger partial charge in [-0.15, -0.1) is 0 Å². The number of hydrogen-bond acceptors (Lipinski definition) is 2. The summed E-state index contributed by atoms with van der Waals surface area (Å²) in [5.74, 6) is 0.